The number of rotatable bonds is 8. The molecule has 1 aliphatic carbocycles. The average molecular weight is 433 g/mol. The van der Waals surface area contributed by atoms with Crippen LogP contribution in [0.2, 0.25) is 0 Å². The van der Waals surface area contributed by atoms with Crippen LogP contribution in [0.25, 0.3) is 0 Å². The Labute approximate surface area is 179 Å². The van der Waals surface area contributed by atoms with Crippen LogP contribution in [0.5, 0.6) is 0 Å². The summed E-state index contributed by atoms with van der Waals surface area (Å²) in [5, 5.41) is 5.50. The van der Waals surface area contributed by atoms with Gasteiger partial charge in [0.1, 0.15) is 0 Å². The largest absolute Gasteiger partial charge is 0.416 e. The van der Waals surface area contributed by atoms with Gasteiger partial charge >= 0.3 is 6.18 Å². The van der Waals surface area contributed by atoms with Gasteiger partial charge in [-0.1, -0.05) is 18.2 Å². The minimum absolute atomic E-state index is 0.0491. The first kappa shape index (κ1) is 22.8. The quantitative estimate of drug-likeness (QED) is 0.639. The molecule has 1 unspecified atom stereocenters. The molecule has 0 spiro atoms. The second-order valence-corrected chi connectivity index (χ2v) is 7.69. The maximum absolute atomic E-state index is 13.1. The number of carbonyl (C=O) groups excluding carboxylic acids is 2. The van der Waals surface area contributed by atoms with Crippen molar-refractivity contribution in [3.63, 3.8) is 0 Å². The number of hydrogen-bond donors (Lipinski definition) is 2. The van der Waals surface area contributed by atoms with Crippen LogP contribution in [-0.2, 0) is 11.0 Å². The predicted molar refractivity (Wildman–Crippen MR) is 113 cm³/mol. The summed E-state index contributed by atoms with van der Waals surface area (Å²) in [6.07, 6.45) is -2.60. The highest BCUT2D eigenvalue weighted by atomic mass is 19.4. The predicted octanol–water partition coefficient (Wildman–Crippen LogP) is 4.62. The van der Waals surface area contributed by atoms with Crippen molar-refractivity contribution in [3.8, 4) is 0 Å². The van der Waals surface area contributed by atoms with Gasteiger partial charge in [-0.15, -0.1) is 0 Å². The van der Waals surface area contributed by atoms with Crippen molar-refractivity contribution in [1.82, 2.24) is 10.2 Å². The second kappa shape index (κ2) is 9.51. The highest BCUT2D eigenvalue weighted by Crippen LogP contribution is 2.36. The number of alkyl halides is 3. The average Bonchev–Trinajstić information content (AvgIpc) is 3.56. The summed E-state index contributed by atoms with van der Waals surface area (Å²) < 4.78 is 39.3. The van der Waals surface area contributed by atoms with Gasteiger partial charge in [-0.05, 0) is 62.6 Å². The number of hydrogen-bond acceptors (Lipinski definition) is 3. The first-order chi connectivity index (χ1) is 14.7. The van der Waals surface area contributed by atoms with E-state index in [0.29, 0.717) is 23.4 Å². The van der Waals surface area contributed by atoms with Gasteiger partial charge in [0.05, 0.1) is 12.1 Å². The standard InChI is InChI=1S/C23H26F3N3O2/c1-3-27-22(31)17-7-5-9-19(13-17)28-21(30)14-29(20-10-11-20)15(2)16-6-4-8-18(12-16)23(24,25)26/h4-9,12-13,15,20H,3,10-11,14H2,1-2H3,(H,27,31)(H,28,30). The van der Waals surface area contributed by atoms with E-state index >= 15 is 0 Å². The lowest BCUT2D eigenvalue weighted by Crippen LogP contribution is -2.37. The lowest BCUT2D eigenvalue weighted by molar-refractivity contribution is -0.137. The van der Waals surface area contributed by atoms with Crippen LogP contribution >= 0.6 is 0 Å². The summed E-state index contributed by atoms with van der Waals surface area (Å²) in [4.78, 5) is 26.6. The highest BCUT2D eigenvalue weighted by molar-refractivity contribution is 5.97. The van der Waals surface area contributed by atoms with E-state index in [1.165, 1.54) is 6.07 Å². The van der Waals surface area contributed by atoms with Crippen molar-refractivity contribution in [3.05, 3.63) is 65.2 Å². The van der Waals surface area contributed by atoms with Gasteiger partial charge in [-0.3, -0.25) is 14.5 Å². The molecule has 0 aliphatic heterocycles. The van der Waals surface area contributed by atoms with Crippen LogP contribution in [0.15, 0.2) is 48.5 Å². The van der Waals surface area contributed by atoms with Crippen LogP contribution in [0.3, 0.4) is 0 Å². The third-order valence-electron chi connectivity index (χ3n) is 5.28. The molecule has 1 aliphatic rings. The molecule has 1 fully saturated rings. The Morgan fingerprint density at radius 3 is 2.48 bits per heavy atom. The maximum Gasteiger partial charge on any atom is 0.416 e. The summed E-state index contributed by atoms with van der Waals surface area (Å²) >= 11 is 0. The molecule has 8 heteroatoms. The minimum atomic E-state index is -4.41. The fraction of sp³-hybridized carbons (Fsp3) is 0.391. The number of nitrogens with one attached hydrogen (secondary N) is 2. The molecule has 5 nitrogen and oxygen atoms in total. The molecule has 2 N–H and O–H groups in total. The van der Waals surface area contributed by atoms with E-state index in [4.69, 9.17) is 0 Å². The number of halogens is 3. The van der Waals surface area contributed by atoms with Gasteiger partial charge in [0.15, 0.2) is 0 Å². The zero-order valence-corrected chi connectivity index (χ0v) is 17.5. The van der Waals surface area contributed by atoms with Gasteiger partial charge in [0, 0.05) is 29.9 Å². The monoisotopic (exact) mass is 433 g/mol. The normalized spacial score (nSPS) is 14.9. The van der Waals surface area contributed by atoms with Crippen molar-refractivity contribution >= 4 is 17.5 Å². The number of amides is 2. The molecule has 2 aromatic rings. The van der Waals surface area contributed by atoms with E-state index in [2.05, 4.69) is 10.6 Å². The lowest BCUT2D eigenvalue weighted by Gasteiger charge is -2.29. The second-order valence-electron chi connectivity index (χ2n) is 7.69. The fourth-order valence-corrected chi connectivity index (χ4v) is 3.52. The van der Waals surface area contributed by atoms with Gasteiger partial charge in [-0.25, -0.2) is 0 Å². The third-order valence-corrected chi connectivity index (χ3v) is 5.28. The minimum Gasteiger partial charge on any atom is -0.352 e. The zero-order valence-electron chi connectivity index (χ0n) is 17.5. The molecular formula is C23H26F3N3O2. The Bertz CT molecular complexity index is 942. The van der Waals surface area contributed by atoms with Gasteiger partial charge in [-0.2, -0.15) is 13.2 Å². The Balaban J connectivity index is 1.70. The van der Waals surface area contributed by atoms with Crippen molar-refractivity contribution < 1.29 is 22.8 Å². The molecule has 0 radical (unpaired) electrons. The summed E-state index contributed by atoms with van der Waals surface area (Å²) in [7, 11) is 0. The van der Waals surface area contributed by atoms with E-state index in [1.807, 2.05) is 18.7 Å². The summed E-state index contributed by atoms with van der Waals surface area (Å²) in [5.41, 5.74) is 0.763. The van der Waals surface area contributed by atoms with Crippen molar-refractivity contribution in [1.29, 1.82) is 0 Å². The first-order valence-electron chi connectivity index (χ1n) is 10.3. The first-order valence-corrected chi connectivity index (χ1v) is 10.3. The molecule has 0 aromatic heterocycles. The molecule has 166 valence electrons. The summed E-state index contributed by atoms with van der Waals surface area (Å²) in [6, 6.07) is 11.7. The van der Waals surface area contributed by atoms with E-state index in [0.717, 1.165) is 25.0 Å². The van der Waals surface area contributed by atoms with Crippen molar-refractivity contribution in [2.24, 2.45) is 0 Å². The van der Waals surface area contributed by atoms with E-state index in [-0.39, 0.29) is 30.4 Å². The van der Waals surface area contributed by atoms with E-state index in [1.54, 1.807) is 30.3 Å². The van der Waals surface area contributed by atoms with Crippen LogP contribution in [0, 0.1) is 0 Å². The molecule has 0 bridgehead atoms. The number of benzene rings is 2. The topological polar surface area (TPSA) is 61.4 Å². The Morgan fingerprint density at radius 1 is 1.13 bits per heavy atom. The van der Waals surface area contributed by atoms with Crippen LogP contribution in [0.4, 0.5) is 18.9 Å². The Kier molecular flexibility index (Phi) is 7.00. The van der Waals surface area contributed by atoms with Crippen molar-refractivity contribution in [2.75, 3.05) is 18.4 Å². The lowest BCUT2D eigenvalue weighted by atomic mass is 10.0. The smallest absolute Gasteiger partial charge is 0.352 e. The molecule has 2 amide bonds. The highest BCUT2D eigenvalue weighted by Gasteiger charge is 2.35. The molecule has 1 atom stereocenters. The molecule has 0 saturated heterocycles. The fourth-order valence-electron chi connectivity index (χ4n) is 3.52. The Hall–Kier alpha value is -2.87. The van der Waals surface area contributed by atoms with E-state index in [9.17, 15) is 22.8 Å². The van der Waals surface area contributed by atoms with Crippen LogP contribution in [0.1, 0.15) is 54.2 Å². The maximum atomic E-state index is 13.1. The number of anilines is 1. The van der Waals surface area contributed by atoms with Crippen molar-refractivity contribution in [2.45, 2.75) is 44.9 Å². The molecular weight excluding hydrogens is 407 g/mol. The van der Waals surface area contributed by atoms with Gasteiger partial charge in [0.25, 0.3) is 5.91 Å². The summed E-state index contributed by atoms with van der Waals surface area (Å²) in [6.45, 7) is 4.19. The van der Waals surface area contributed by atoms with E-state index < -0.39 is 11.7 Å². The van der Waals surface area contributed by atoms with Gasteiger partial charge < -0.3 is 10.6 Å². The SMILES string of the molecule is CCNC(=O)c1cccc(NC(=O)CN(C2CC2)C(C)c2cccc(C(F)(F)F)c2)c1. The zero-order chi connectivity index (χ0) is 22.6. The van der Waals surface area contributed by atoms with Crippen LogP contribution in [-0.4, -0.2) is 35.8 Å². The Morgan fingerprint density at radius 2 is 1.84 bits per heavy atom. The molecule has 1 saturated carbocycles. The van der Waals surface area contributed by atoms with Crippen LogP contribution < -0.4 is 10.6 Å². The molecule has 31 heavy (non-hydrogen) atoms. The molecule has 3 rings (SSSR count). The van der Waals surface area contributed by atoms with Gasteiger partial charge in [0.2, 0.25) is 5.91 Å². The third kappa shape index (κ3) is 6.07. The molecule has 0 heterocycles. The number of nitrogens with zero attached hydrogens (tertiary/aromatic N) is 1. The number of carbonyl (C=O) groups is 2. The molecule has 2 aromatic carbocycles. The summed E-state index contributed by atoms with van der Waals surface area (Å²) in [5.74, 6) is -0.504.